The maximum absolute atomic E-state index is 11.9. The summed E-state index contributed by atoms with van der Waals surface area (Å²) < 4.78 is 11.4. The number of carbonyl (C=O) groups is 2. The van der Waals surface area contributed by atoms with E-state index in [4.69, 9.17) is 9.47 Å². The van der Waals surface area contributed by atoms with Crippen molar-refractivity contribution in [3.63, 3.8) is 0 Å². The van der Waals surface area contributed by atoms with Gasteiger partial charge in [-0.25, -0.2) is 0 Å². The minimum atomic E-state index is -0.190. The normalized spacial score (nSPS) is 39.2. The zero-order valence-corrected chi connectivity index (χ0v) is 23.2. The van der Waals surface area contributed by atoms with E-state index in [1.807, 2.05) is 0 Å². The molecular weight excluding hydrogens is 436 g/mol. The largest absolute Gasteiger partial charge is 0.465 e. The summed E-state index contributed by atoms with van der Waals surface area (Å²) in [4.78, 5) is 23.5. The Labute approximate surface area is 214 Å². The molecule has 198 valence electrons. The molecule has 0 heterocycles. The lowest BCUT2D eigenvalue weighted by atomic mass is 9.46. The molecule has 0 aromatic carbocycles. The number of esters is 2. The number of allylic oxidation sites excluding steroid dienone is 1. The smallest absolute Gasteiger partial charge is 0.302 e. The average Bonchev–Trinajstić information content (AvgIpc) is 3.14. The zero-order chi connectivity index (χ0) is 25.4. The van der Waals surface area contributed by atoms with Gasteiger partial charge in [-0.3, -0.25) is 9.59 Å². The first-order valence-corrected chi connectivity index (χ1v) is 14.6. The molecule has 35 heavy (non-hydrogen) atoms. The van der Waals surface area contributed by atoms with Crippen LogP contribution in [0.2, 0.25) is 0 Å². The Morgan fingerprint density at radius 3 is 2.46 bits per heavy atom. The van der Waals surface area contributed by atoms with E-state index in [0.29, 0.717) is 23.9 Å². The molecule has 0 N–H and O–H groups in total. The Balaban J connectivity index is 1.54. The third-order valence-electron chi connectivity index (χ3n) is 10.8. The molecule has 4 rings (SSSR count). The fourth-order valence-electron chi connectivity index (χ4n) is 9.28. The predicted octanol–water partition coefficient (Wildman–Crippen LogP) is 7.50. The quantitative estimate of drug-likeness (QED) is 0.263. The highest BCUT2D eigenvalue weighted by atomic mass is 16.5. The van der Waals surface area contributed by atoms with E-state index >= 15 is 0 Å². The number of ether oxygens (including phenoxy) is 2. The molecule has 0 bridgehead atoms. The van der Waals surface area contributed by atoms with Gasteiger partial charge in [-0.2, -0.15) is 0 Å². The molecule has 4 aliphatic rings. The predicted molar refractivity (Wildman–Crippen MR) is 140 cm³/mol. The monoisotopic (exact) mass is 486 g/mol. The van der Waals surface area contributed by atoms with Gasteiger partial charge in [0.25, 0.3) is 0 Å². The molecule has 3 fully saturated rings. The third kappa shape index (κ3) is 5.23. The van der Waals surface area contributed by atoms with Crippen LogP contribution in [0.5, 0.6) is 0 Å². The second kappa shape index (κ2) is 10.6. The summed E-state index contributed by atoms with van der Waals surface area (Å²) in [6, 6.07) is 0. The highest BCUT2D eigenvalue weighted by Crippen LogP contribution is 2.67. The Hall–Kier alpha value is -1.32. The first-order chi connectivity index (χ1) is 16.6. The van der Waals surface area contributed by atoms with Crippen molar-refractivity contribution in [3.05, 3.63) is 11.6 Å². The average molecular weight is 487 g/mol. The molecule has 3 saturated carbocycles. The van der Waals surface area contributed by atoms with Gasteiger partial charge in [-0.05, 0) is 85.9 Å². The minimum Gasteiger partial charge on any atom is -0.465 e. The summed E-state index contributed by atoms with van der Waals surface area (Å²) in [7, 11) is 0. The third-order valence-corrected chi connectivity index (χ3v) is 10.8. The van der Waals surface area contributed by atoms with Crippen LogP contribution in [0.25, 0.3) is 0 Å². The summed E-state index contributed by atoms with van der Waals surface area (Å²) >= 11 is 0. The van der Waals surface area contributed by atoms with E-state index in [1.54, 1.807) is 0 Å². The number of hydrogen-bond acceptors (Lipinski definition) is 4. The van der Waals surface area contributed by atoms with Crippen molar-refractivity contribution >= 4 is 11.9 Å². The molecule has 0 amide bonds. The van der Waals surface area contributed by atoms with Crippen LogP contribution in [0.15, 0.2) is 11.6 Å². The van der Waals surface area contributed by atoms with Crippen molar-refractivity contribution in [2.45, 2.75) is 118 Å². The van der Waals surface area contributed by atoms with Crippen molar-refractivity contribution in [1.82, 2.24) is 0 Å². The van der Waals surface area contributed by atoms with E-state index < -0.39 is 0 Å². The number of hydrogen-bond donors (Lipinski definition) is 0. The number of carbonyl (C=O) groups excluding carboxylic acids is 2. The fraction of sp³-hybridized carbons (Fsp3) is 0.871. The molecule has 0 aliphatic heterocycles. The molecular formula is C31H50O4. The molecule has 0 saturated heterocycles. The van der Waals surface area contributed by atoms with E-state index in [1.165, 1.54) is 64.4 Å². The Kier molecular flexibility index (Phi) is 8.08. The lowest BCUT2D eigenvalue weighted by Gasteiger charge is -2.59. The van der Waals surface area contributed by atoms with Crippen molar-refractivity contribution in [2.75, 3.05) is 6.61 Å². The lowest BCUT2D eigenvalue weighted by molar-refractivity contribution is -0.154. The lowest BCUT2D eigenvalue weighted by Crippen LogP contribution is -2.53. The van der Waals surface area contributed by atoms with Crippen LogP contribution >= 0.6 is 0 Å². The summed E-state index contributed by atoms with van der Waals surface area (Å²) in [5, 5.41) is 0. The van der Waals surface area contributed by atoms with Crippen LogP contribution in [0.4, 0.5) is 0 Å². The SMILES string of the molecule is CC(=O)OC[C@]12CC[C@H](OC(C)=O)CC1=CC[C@@H]1[C@@H]2CC[C@]2(C)[C@@H]([C@H](C)CCCC(C)C)CC[C@@H]12. The Morgan fingerprint density at radius 1 is 1.00 bits per heavy atom. The van der Waals surface area contributed by atoms with Crippen LogP contribution in [0.1, 0.15) is 112 Å². The van der Waals surface area contributed by atoms with Crippen molar-refractivity contribution in [2.24, 2.45) is 46.3 Å². The minimum absolute atomic E-state index is 0.0304. The molecule has 0 aromatic heterocycles. The summed E-state index contributed by atoms with van der Waals surface area (Å²) in [6.45, 7) is 13.4. The molecule has 4 heteroatoms. The van der Waals surface area contributed by atoms with Crippen LogP contribution in [0.3, 0.4) is 0 Å². The highest BCUT2D eigenvalue weighted by molar-refractivity contribution is 5.66. The Morgan fingerprint density at radius 2 is 1.77 bits per heavy atom. The first kappa shape index (κ1) is 26.7. The standard InChI is InChI=1S/C31H50O4/c1-20(2)8-7-9-21(3)27-12-13-28-26-11-10-24-18-25(35-23(5)33)14-17-31(24,19-34-22(4)32)29(26)15-16-30(27,28)6/h10,20-21,25-29H,7-9,11-19H2,1-6H3/t21-,25+,26+,27-,28+,29+,30-,31-/m1/s1. The van der Waals surface area contributed by atoms with Gasteiger partial charge in [0.1, 0.15) is 12.7 Å². The van der Waals surface area contributed by atoms with Crippen molar-refractivity contribution in [1.29, 1.82) is 0 Å². The van der Waals surface area contributed by atoms with E-state index in [9.17, 15) is 9.59 Å². The molecule has 0 unspecified atom stereocenters. The van der Waals surface area contributed by atoms with Gasteiger partial charge in [0.05, 0.1) is 0 Å². The topological polar surface area (TPSA) is 52.6 Å². The second-order valence-corrected chi connectivity index (χ2v) is 13.3. The van der Waals surface area contributed by atoms with Gasteiger partial charge in [-0.1, -0.05) is 58.6 Å². The second-order valence-electron chi connectivity index (χ2n) is 13.3. The molecule has 0 spiro atoms. The van der Waals surface area contributed by atoms with Gasteiger partial charge in [-0.15, -0.1) is 0 Å². The van der Waals surface area contributed by atoms with Gasteiger partial charge < -0.3 is 9.47 Å². The molecule has 0 radical (unpaired) electrons. The van der Waals surface area contributed by atoms with Gasteiger partial charge >= 0.3 is 11.9 Å². The summed E-state index contributed by atoms with van der Waals surface area (Å²) in [6.07, 6.45) is 15.6. The van der Waals surface area contributed by atoms with Crippen LogP contribution < -0.4 is 0 Å². The zero-order valence-electron chi connectivity index (χ0n) is 23.2. The molecule has 0 aromatic rings. The Bertz CT molecular complexity index is 815. The van der Waals surface area contributed by atoms with Crippen LogP contribution in [-0.2, 0) is 19.1 Å². The number of rotatable bonds is 8. The number of fused-ring (bicyclic) bond motifs is 5. The van der Waals surface area contributed by atoms with E-state index in [-0.39, 0.29) is 23.5 Å². The van der Waals surface area contributed by atoms with Gasteiger partial charge in [0.2, 0.25) is 0 Å². The van der Waals surface area contributed by atoms with Crippen molar-refractivity contribution in [3.8, 4) is 0 Å². The van der Waals surface area contributed by atoms with Crippen LogP contribution in [-0.4, -0.2) is 24.6 Å². The van der Waals surface area contributed by atoms with Gasteiger partial charge in [0, 0.05) is 25.7 Å². The fourth-order valence-corrected chi connectivity index (χ4v) is 9.28. The first-order valence-electron chi connectivity index (χ1n) is 14.6. The molecule has 4 aliphatic carbocycles. The maximum atomic E-state index is 11.9. The summed E-state index contributed by atoms with van der Waals surface area (Å²) in [5.41, 5.74) is 1.78. The molecule has 4 nitrogen and oxygen atoms in total. The van der Waals surface area contributed by atoms with E-state index in [2.05, 4.69) is 33.8 Å². The maximum Gasteiger partial charge on any atom is 0.302 e. The highest BCUT2D eigenvalue weighted by Gasteiger charge is 2.60. The van der Waals surface area contributed by atoms with Gasteiger partial charge in [0.15, 0.2) is 0 Å². The van der Waals surface area contributed by atoms with E-state index in [0.717, 1.165) is 49.4 Å². The molecule has 8 atom stereocenters. The van der Waals surface area contributed by atoms with Crippen LogP contribution in [0, 0.1) is 46.3 Å². The summed E-state index contributed by atoms with van der Waals surface area (Å²) in [5.74, 6) is 4.12. The van der Waals surface area contributed by atoms with Crippen molar-refractivity contribution < 1.29 is 19.1 Å².